The van der Waals surface area contributed by atoms with E-state index in [0.717, 1.165) is 24.2 Å². The van der Waals surface area contributed by atoms with Crippen LogP contribution in [-0.4, -0.2) is 23.0 Å². The zero-order valence-electron chi connectivity index (χ0n) is 15.8. The third-order valence-corrected chi connectivity index (χ3v) is 4.39. The summed E-state index contributed by atoms with van der Waals surface area (Å²) in [6.45, 7) is 10.8. The summed E-state index contributed by atoms with van der Waals surface area (Å²) in [6, 6.07) is 3.93. The Kier molecular flexibility index (Phi) is 7.14. The molecule has 0 bridgehead atoms. The molecule has 2 rings (SSSR count). The maximum atomic E-state index is 6.41. The fourth-order valence-corrected chi connectivity index (χ4v) is 3.02. The van der Waals surface area contributed by atoms with E-state index in [4.69, 9.17) is 21.1 Å². The molecule has 0 atom stereocenters. The van der Waals surface area contributed by atoms with Crippen LogP contribution in [-0.2, 0) is 20.1 Å². The van der Waals surface area contributed by atoms with E-state index in [9.17, 15) is 0 Å². The average molecular weight is 366 g/mol. The molecule has 0 aliphatic carbocycles. The van der Waals surface area contributed by atoms with Crippen LogP contribution in [0.2, 0.25) is 5.02 Å². The first-order valence-corrected chi connectivity index (χ1v) is 9.13. The molecule has 0 fully saturated rings. The van der Waals surface area contributed by atoms with Gasteiger partial charge in [0.1, 0.15) is 0 Å². The summed E-state index contributed by atoms with van der Waals surface area (Å²) in [6.07, 6.45) is 0.926. The van der Waals surface area contributed by atoms with Crippen molar-refractivity contribution in [3.63, 3.8) is 0 Å². The summed E-state index contributed by atoms with van der Waals surface area (Å²) in [4.78, 5) is 0. The zero-order valence-corrected chi connectivity index (χ0v) is 16.5. The van der Waals surface area contributed by atoms with Crippen LogP contribution < -0.4 is 14.8 Å². The van der Waals surface area contributed by atoms with Crippen LogP contribution in [0.5, 0.6) is 11.5 Å². The van der Waals surface area contributed by atoms with Crippen molar-refractivity contribution in [2.24, 2.45) is 7.05 Å². The van der Waals surface area contributed by atoms with Gasteiger partial charge in [-0.3, -0.25) is 4.68 Å². The number of benzene rings is 1. The molecule has 1 heterocycles. The molecule has 0 aliphatic rings. The van der Waals surface area contributed by atoms with Gasteiger partial charge in [0, 0.05) is 31.4 Å². The van der Waals surface area contributed by atoms with Gasteiger partial charge in [-0.25, -0.2) is 0 Å². The third-order valence-electron chi connectivity index (χ3n) is 4.11. The van der Waals surface area contributed by atoms with E-state index in [1.54, 1.807) is 0 Å². The van der Waals surface area contributed by atoms with E-state index in [2.05, 4.69) is 24.3 Å². The van der Waals surface area contributed by atoms with Gasteiger partial charge in [0.25, 0.3) is 0 Å². The summed E-state index contributed by atoms with van der Waals surface area (Å²) in [5.74, 6) is 1.34. The second kappa shape index (κ2) is 9.11. The number of rotatable bonds is 9. The molecule has 0 unspecified atom stereocenters. The normalized spacial score (nSPS) is 11.0. The van der Waals surface area contributed by atoms with E-state index >= 15 is 0 Å². The zero-order chi connectivity index (χ0) is 18.4. The largest absolute Gasteiger partial charge is 0.490 e. The quantitative estimate of drug-likeness (QED) is 0.724. The van der Waals surface area contributed by atoms with Gasteiger partial charge in [0.05, 0.1) is 23.9 Å². The molecule has 25 heavy (non-hydrogen) atoms. The first kappa shape index (κ1) is 19.6. The van der Waals surface area contributed by atoms with E-state index in [0.29, 0.717) is 36.3 Å². The lowest BCUT2D eigenvalue weighted by molar-refractivity contribution is 0.277. The summed E-state index contributed by atoms with van der Waals surface area (Å²) < 4.78 is 13.4. The number of aryl methyl sites for hydroxylation is 2. The fourth-order valence-electron chi connectivity index (χ4n) is 2.74. The molecule has 0 spiro atoms. The Bertz CT molecular complexity index is 713. The number of ether oxygens (including phenoxy) is 2. The molecule has 0 saturated heterocycles. The maximum absolute atomic E-state index is 6.41. The van der Waals surface area contributed by atoms with E-state index in [1.165, 1.54) is 11.3 Å². The molecule has 0 radical (unpaired) electrons. The summed E-state index contributed by atoms with van der Waals surface area (Å²) >= 11 is 6.41. The minimum absolute atomic E-state index is 0.573. The van der Waals surface area contributed by atoms with Gasteiger partial charge in [-0.05, 0) is 44.9 Å². The van der Waals surface area contributed by atoms with Crippen molar-refractivity contribution in [1.29, 1.82) is 0 Å². The lowest BCUT2D eigenvalue weighted by Crippen LogP contribution is -2.14. The van der Waals surface area contributed by atoms with Gasteiger partial charge in [0.15, 0.2) is 11.5 Å². The number of nitrogens with one attached hydrogen (secondary N) is 1. The van der Waals surface area contributed by atoms with Crippen LogP contribution in [0.15, 0.2) is 12.1 Å². The Morgan fingerprint density at radius 2 is 1.92 bits per heavy atom. The van der Waals surface area contributed by atoms with Crippen LogP contribution in [0.1, 0.15) is 42.8 Å². The minimum Gasteiger partial charge on any atom is -0.490 e. The van der Waals surface area contributed by atoms with E-state index < -0.39 is 0 Å². The monoisotopic (exact) mass is 365 g/mol. The highest BCUT2D eigenvalue weighted by atomic mass is 35.5. The Hall–Kier alpha value is -1.72. The van der Waals surface area contributed by atoms with Crippen LogP contribution in [0.4, 0.5) is 0 Å². The fraction of sp³-hybridized carbons (Fsp3) is 0.526. The number of halogens is 1. The Morgan fingerprint density at radius 1 is 1.16 bits per heavy atom. The van der Waals surface area contributed by atoms with Gasteiger partial charge < -0.3 is 14.8 Å². The predicted molar refractivity (Wildman–Crippen MR) is 102 cm³/mol. The molecular formula is C19H28ClN3O2. The lowest BCUT2D eigenvalue weighted by atomic mass is 10.1. The van der Waals surface area contributed by atoms with Gasteiger partial charge in [-0.2, -0.15) is 5.10 Å². The van der Waals surface area contributed by atoms with Crippen molar-refractivity contribution in [2.45, 2.75) is 47.2 Å². The number of nitrogens with zero attached hydrogens (tertiary/aromatic N) is 2. The molecule has 138 valence electrons. The molecule has 2 aromatic rings. The highest BCUT2D eigenvalue weighted by molar-refractivity contribution is 6.32. The highest BCUT2D eigenvalue weighted by Crippen LogP contribution is 2.36. The smallest absolute Gasteiger partial charge is 0.179 e. The molecule has 0 saturated carbocycles. The standard InChI is InChI=1S/C19H28ClN3O2/c1-6-8-25-19-17(20)9-15(10-18(19)24-7-2)11-21-12-16-13(3)22-23(5)14(16)4/h9-10,21H,6-8,11-12H2,1-5H3. The maximum Gasteiger partial charge on any atom is 0.179 e. The van der Waals surface area contributed by atoms with E-state index in [1.807, 2.05) is 37.7 Å². The number of aromatic nitrogens is 2. The number of hydrogen-bond donors (Lipinski definition) is 1. The average Bonchev–Trinajstić information content (AvgIpc) is 2.80. The number of hydrogen-bond acceptors (Lipinski definition) is 4. The molecule has 6 heteroatoms. The summed E-state index contributed by atoms with van der Waals surface area (Å²) in [5.41, 5.74) is 4.54. The van der Waals surface area contributed by atoms with Gasteiger partial charge in [-0.15, -0.1) is 0 Å². The third kappa shape index (κ3) is 4.89. The molecule has 1 aromatic carbocycles. The first-order chi connectivity index (χ1) is 12.0. The molecule has 1 aromatic heterocycles. The molecule has 1 N–H and O–H groups in total. The summed E-state index contributed by atoms with van der Waals surface area (Å²) in [5, 5.41) is 8.50. The SMILES string of the molecule is CCCOc1c(Cl)cc(CNCc2c(C)nn(C)c2C)cc1OCC. The topological polar surface area (TPSA) is 48.3 Å². The van der Waals surface area contributed by atoms with Gasteiger partial charge in [-0.1, -0.05) is 18.5 Å². The molecule has 5 nitrogen and oxygen atoms in total. The predicted octanol–water partition coefficient (Wildman–Crippen LogP) is 4.17. The van der Waals surface area contributed by atoms with Crippen LogP contribution in [0.3, 0.4) is 0 Å². The first-order valence-electron chi connectivity index (χ1n) is 8.75. The molecular weight excluding hydrogens is 338 g/mol. The van der Waals surface area contributed by atoms with Crippen molar-refractivity contribution < 1.29 is 9.47 Å². The highest BCUT2D eigenvalue weighted by Gasteiger charge is 2.13. The summed E-state index contributed by atoms with van der Waals surface area (Å²) in [7, 11) is 1.97. The van der Waals surface area contributed by atoms with E-state index in [-0.39, 0.29) is 0 Å². The van der Waals surface area contributed by atoms with Gasteiger partial charge in [0.2, 0.25) is 0 Å². The Morgan fingerprint density at radius 3 is 2.52 bits per heavy atom. The molecule has 0 amide bonds. The second-order valence-corrected chi connectivity index (χ2v) is 6.47. The minimum atomic E-state index is 0.573. The Balaban J connectivity index is 2.08. The van der Waals surface area contributed by atoms with Gasteiger partial charge >= 0.3 is 0 Å². The van der Waals surface area contributed by atoms with Crippen molar-refractivity contribution in [3.8, 4) is 11.5 Å². The second-order valence-electron chi connectivity index (χ2n) is 6.06. The van der Waals surface area contributed by atoms with Crippen molar-refractivity contribution >= 4 is 11.6 Å². The van der Waals surface area contributed by atoms with Crippen LogP contribution >= 0.6 is 11.6 Å². The van der Waals surface area contributed by atoms with Crippen molar-refractivity contribution in [2.75, 3.05) is 13.2 Å². The van der Waals surface area contributed by atoms with Crippen molar-refractivity contribution in [3.05, 3.63) is 39.7 Å². The van der Waals surface area contributed by atoms with Crippen LogP contribution in [0, 0.1) is 13.8 Å². The molecule has 0 aliphatic heterocycles. The Labute approximate surface area is 155 Å². The van der Waals surface area contributed by atoms with Crippen LogP contribution in [0.25, 0.3) is 0 Å². The lowest BCUT2D eigenvalue weighted by Gasteiger charge is -2.15. The van der Waals surface area contributed by atoms with Crippen molar-refractivity contribution in [1.82, 2.24) is 15.1 Å².